The highest BCUT2D eigenvalue weighted by atomic mass is 35.5. The number of aliphatic hydroxyl groups is 4. The van der Waals surface area contributed by atoms with Crippen LogP contribution in [-0.4, -0.2) is 85.3 Å². The smallest absolute Gasteiger partial charge is 0.402 e. The third-order valence-corrected chi connectivity index (χ3v) is 5.44. The van der Waals surface area contributed by atoms with Gasteiger partial charge in [0.15, 0.2) is 11.5 Å². The predicted octanol–water partition coefficient (Wildman–Crippen LogP) is -2.61. The van der Waals surface area contributed by atoms with Crippen molar-refractivity contribution in [3.63, 3.8) is 0 Å². The van der Waals surface area contributed by atoms with Gasteiger partial charge in [0, 0.05) is 24.3 Å². The van der Waals surface area contributed by atoms with Gasteiger partial charge in [0.1, 0.15) is 41.3 Å². The van der Waals surface area contributed by atoms with Crippen LogP contribution in [0.2, 0.25) is 0 Å². The van der Waals surface area contributed by atoms with Crippen LogP contribution in [0, 0.1) is 0 Å². The third kappa shape index (κ3) is 4.80. The van der Waals surface area contributed by atoms with Crippen LogP contribution in [0.25, 0.3) is 22.3 Å². The summed E-state index contributed by atoms with van der Waals surface area (Å²) < 4.78 is 22.0. The number of hydrogen-bond acceptors (Lipinski definition) is 11. The fourth-order valence-corrected chi connectivity index (χ4v) is 3.64. The Hall–Kier alpha value is -3.26. The molecule has 1 aliphatic rings. The van der Waals surface area contributed by atoms with Crippen molar-refractivity contribution < 1.29 is 71.9 Å². The Morgan fingerprint density at radius 3 is 2.26 bits per heavy atom. The Balaban J connectivity index is 0.00000342. The van der Waals surface area contributed by atoms with Crippen LogP contribution in [0.1, 0.15) is 0 Å². The summed E-state index contributed by atoms with van der Waals surface area (Å²) in [7, 11) is 1.26. The van der Waals surface area contributed by atoms with E-state index in [1.54, 1.807) is 0 Å². The average Bonchev–Trinajstić information content (AvgIpc) is 2.81. The van der Waals surface area contributed by atoms with E-state index in [0.717, 1.165) is 12.1 Å². The van der Waals surface area contributed by atoms with Crippen molar-refractivity contribution in [1.82, 2.24) is 0 Å². The Morgan fingerprint density at radius 1 is 0.886 bits per heavy atom. The molecule has 2 heterocycles. The summed E-state index contributed by atoms with van der Waals surface area (Å²) in [5.74, 6) is -2.12. The van der Waals surface area contributed by atoms with Crippen molar-refractivity contribution in [2.45, 2.75) is 30.7 Å². The maximum Gasteiger partial charge on any atom is 0.402 e. The van der Waals surface area contributed by atoms with Gasteiger partial charge in [-0.05, 0) is 0 Å². The molecule has 5 atom stereocenters. The molecule has 1 aliphatic heterocycles. The highest BCUT2D eigenvalue weighted by Gasteiger charge is 2.45. The minimum atomic E-state index is -1.74. The summed E-state index contributed by atoms with van der Waals surface area (Å²) in [6, 6.07) is 6.01. The molecule has 1 fully saturated rings. The molecular weight excluding hydrogens is 492 g/mol. The Kier molecular flexibility index (Phi) is 7.65. The highest BCUT2D eigenvalue weighted by molar-refractivity contribution is 5.88. The number of halogens is 1. The van der Waals surface area contributed by atoms with Crippen LogP contribution in [0.4, 0.5) is 0 Å². The molecule has 3 aromatic rings. The van der Waals surface area contributed by atoms with E-state index in [-0.39, 0.29) is 57.7 Å². The van der Waals surface area contributed by atoms with Crippen LogP contribution < -0.4 is 21.9 Å². The summed E-state index contributed by atoms with van der Waals surface area (Å²) in [5.41, 5.74) is 0.136. The summed E-state index contributed by atoms with van der Waals surface area (Å²) in [6.07, 6.45) is -7.88. The van der Waals surface area contributed by atoms with Crippen LogP contribution in [0.15, 0.2) is 34.7 Å². The zero-order valence-electron chi connectivity index (χ0n) is 18.1. The van der Waals surface area contributed by atoms with Crippen LogP contribution in [0.5, 0.6) is 34.5 Å². The molecule has 0 saturated carbocycles. The van der Waals surface area contributed by atoms with Crippen molar-refractivity contribution in [2.75, 3.05) is 13.7 Å². The van der Waals surface area contributed by atoms with E-state index >= 15 is 0 Å². The van der Waals surface area contributed by atoms with E-state index in [9.17, 15) is 40.9 Å². The molecule has 0 radical (unpaired) electrons. The van der Waals surface area contributed by atoms with Gasteiger partial charge in [0.05, 0.1) is 25.3 Å². The molecular formula is C22H23ClO12. The van der Waals surface area contributed by atoms with Gasteiger partial charge >= 0.3 is 11.3 Å². The van der Waals surface area contributed by atoms with E-state index in [2.05, 4.69) is 0 Å². The molecule has 13 heteroatoms. The molecule has 4 rings (SSSR count). The Labute approximate surface area is 203 Å². The number of phenols is 4. The van der Waals surface area contributed by atoms with E-state index in [1.165, 1.54) is 25.3 Å². The lowest BCUT2D eigenvalue weighted by atomic mass is 9.99. The first-order chi connectivity index (χ1) is 16.1. The lowest BCUT2D eigenvalue weighted by molar-refractivity contribution is -0.277. The van der Waals surface area contributed by atoms with Crippen LogP contribution in [-0.2, 0) is 4.74 Å². The van der Waals surface area contributed by atoms with E-state index in [0.29, 0.717) is 0 Å². The summed E-state index contributed by atoms with van der Waals surface area (Å²) in [6.45, 7) is -0.678. The Bertz CT molecular complexity index is 1220. The normalized spacial score (nSPS) is 24.1. The van der Waals surface area contributed by atoms with Gasteiger partial charge in [0.25, 0.3) is 0 Å². The first kappa shape index (κ1) is 26.3. The highest BCUT2D eigenvalue weighted by Crippen LogP contribution is 2.45. The number of rotatable bonds is 5. The van der Waals surface area contributed by atoms with Gasteiger partial charge in [-0.1, -0.05) is 0 Å². The minimum absolute atomic E-state index is 0. The summed E-state index contributed by atoms with van der Waals surface area (Å²) in [4.78, 5) is 0. The number of aliphatic hydroxyl groups excluding tert-OH is 4. The van der Waals surface area contributed by atoms with Gasteiger partial charge < -0.3 is 67.5 Å². The molecule has 1 saturated heterocycles. The number of ether oxygens (including phenoxy) is 3. The van der Waals surface area contributed by atoms with Gasteiger partial charge in [-0.3, -0.25) is 0 Å². The number of phenolic OH excluding ortho intramolecular Hbond substituents is 4. The largest absolute Gasteiger partial charge is 1.00 e. The first-order valence-electron chi connectivity index (χ1n) is 10.0. The maximum atomic E-state index is 10.4. The maximum absolute atomic E-state index is 10.4. The summed E-state index contributed by atoms with van der Waals surface area (Å²) >= 11 is 0. The average molecular weight is 515 g/mol. The fraction of sp³-hybridized carbons (Fsp3) is 0.318. The standard InChI is InChI=1S/C22H22O12.ClH/c1-31-14-3-8(2-12(26)17(14)27)21-15(6-10-11(25)4-9(24)5-13(10)32-21)33-22-20(30)19(29)18(28)16(7-23)34-22;/h2-6,16,18-20,22-23,28-30H,7H2,1H3,(H3-,24,25,26,27);1H/t16-,18-,19+,20-,22+;/m1./s1. The number of fused-ring (bicyclic) bond motifs is 1. The number of aromatic hydroxyl groups is 4. The lowest BCUT2D eigenvalue weighted by Gasteiger charge is -2.39. The van der Waals surface area contributed by atoms with Crippen molar-refractivity contribution in [3.8, 4) is 45.8 Å². The van der Waals surface area contributed by atoms with Crippen molar-refractivity contribution >= 4 is 11.0 Å². The first-order valence-corrected chi connectivity index (χ1v) is 10.0. The van der Waals surface area contributed by atoms with Crippen LogP contribution in [0.3, 0.4) is 0 Å². The predicted molar refractivity (Wildman–Crippen MR) is 114 cm³/mol. The van der Waals surface area contributed by atoms with Crippen molar-refractivity contribution in [3.05, 3.63) is 30.3 Å². The molecule has 2 aromatic carbocycles. The van der Waals surface area contributed by atoms with Gasteiger partial charge in [-0.15, -0.1) is 0 Å². The second-order valence-electron chi connectivity index (χ2n) is 7.68. The molecule has 8 N–H and O–H groups in total. The topological polar surface area (TPSA) is 201 Å². The van der Waals surface area contributed by atoms with E-state index in [4.69, 9.17) is 18.6 Å². The molecule has 0 spiro atoms. The fourth-order valence-electron chi connectivity index (χ4n) is 3.64. The zero-order valence-corrected chi connectivity index (χ0v) is 18.8. The SMILES string of the molecule is COc1cc(-c2[o+]c3cc(O)cc(O)c3cc2O[C@H]2O[C@H](CO)[C@@H](O)[C@H](O)[C@H]2O)cc(O)c1O.[Cl-]. The van der Waals surface area contributed by atoms with Gasteiger partial charge in [0.2, 0.25) is 17.8 Å². The van der Waals surface area contributed by atoms with E-state index in [1.807, 2.05) is 0 Å². The molecule has 1 aromatic heterocycles. The summed E-state index contributed by atoms with van der Waals surface area (Å²) in [5, 5.41) is 80.1. The molecule has 0 unspecified atom stereocenters. The van der Waals surface area contributed by atoms with E-state index < -0.39 is 48.8 Å². The number of methoxy groups -OCH3 is 1. The quantitative estimate of drug-likeness (QED) is 0.130. The van der Waals surface area contributed by atoms with Crippen molar-refractivity contribution in [1.29, 1.82) is 0 Å². The Morgan fingerprint density at radius 2 is 1.60 bits per heavy atom. The second kappa shape index (κ2) is 10.2. The molecule has 190 valence electrons. The van der Waals surface area contributed by atoms with Gasteiger partial charge in [-0.25, -0.2) is 4.42 Å². The minimum Gasteiger partial charge on any atom is -1.00 e. The lowest BCUT2D eigenvalue weighted by Crippen LogP contribution is -3.00. The van der Waals surface area contributed by atoms with Crippen molar-refractivity contribution in [2.24, 2.45) is 0 Å². The molecule has 0 bridgehead atoms. The zero-order chi connectivity index (χ0) is 24.7. The molecule has 0 amide bonds. The number of benzene rings is 2. The second-order valence-corrected chi connectivity index (χ2v) is 7.68. The monoisotopic (exact) mass is 514 g/mol. The van der Waals surface area contributed by atoms with Crippen LogP contribution >= 0.6 is 0 Å². The molecule has 12 nitrogen and oxygen atoms in total. The van der Waals surface area contributed by atoms with Gasteiger partial charge in [-0.2, -0.15) is 0 Å². The number of hydrogen-bond donors (Lipinski definition) is 8. The molecule has 35 heavy (non-hydrogen) atoms. The third-order valence-electron chi connectivity index (χ3n) is 5.44. The molecule has 0 aliphatic carbocycles.